The van der Waals surface area contributed by atoms with Gasteiger partial charge in [0.25, 0.3) is 5.91 Å². The summed E-state index contributed by atoms with van der Waals surface area (Å²) in [6.07, 6.45) is 3.36. The number of nitrogens with zero attached hydrogens (tertiary/aromatic N) is 1. The number of benzene rings is 1. The van der Waals surface area contributed by atoms with Gasteiger partial charge in [-0.1, -0.05) is 0 Å². The molecule has 7 nitrogen and oxygen atoms in total. The number of carbonyl (C=O) groups is 2. The molecule has 0 unspecified atom stereocenters. The average molecular weight is 345 g/mol. The van der Waals surface area contributed by atoms with E-state index in [0.717, 1.165) is 11.1 Å². The van der Waals surface area contributed by atoms with Gasteiger partial charge in [-0.05, 0) is 35.7 Å². The summed E-state index contributed by atoms with van der Waals surface area (Å²) >= 11 is 0. The molecule has 1 aliphatic heterocycles. The zero-order valence-electron chi connectivity index (χ0n) is 14.1. The van der Waals surface area contributed by atoms with Gasteiger partial charge in [-0.25, -0.2) is 4.79 Å². The molecule has 1 aromatic carbocycles. The van der Waals surface area contributed by atoms with Gasteiger partial charge in [-0.15, -0.1) is 0 Å². The Morgan fingerprint density at radius 3 is 2.52 bits per heavy atom. The highest BCUT2D eigenvalue weighted by atomic mass is 16.5. The van der Waals surface area contributed by atoms with Gasteiger partial charge in [0.05, 0.1) is 26.0 Å². The summed E-state index contributed by atoms with van der Waals surface area (Å²) in [6.45, 7) is 0.703. The molecule has 0 N–H and O–H groups in total. The number of fused-ring (bicyclic) bond motifs is 1. The van der Waals surface area contributed by atoms with E-state index in [1.54, 1.807) is 19.1 Å². The maximum Gasteiger partial charge on any atom is 0.341 e. The normalized spacial score (nSPS) is 13.1. The molecule has 0 saturated carbocycles. The van der Waals surface area contributed by atoms with E-state index in [2.05, 4.69) is 0 Å². The van der Waals surface area contributed by atoms with Gasteiger partial charge >= 0.3 is 5.97 Å². The lowest BCUT2D eigenvalue weighted by Crippen LogP contribution is -2.38. The van der Waals surface area contributed by atoms with Crippen LogP contribution in [0.3, 0.4) is 0 Å². The Balaban J connectivity index is 1.63. The van der Waals surface area contributed by atoms with Crippen molar-refractivity contribution in [2.24, 2.45) is 0 Å². The van der Waals surface area contributed by atoms with Crippen LogP contribution in [0.25, 0.3) is 0 Å². The Kier molecular flexibility index (Phi) is 4.92. The van der Waals surface area contributed by atoms with Crippen LogP contribution < -0.4 is 9.47 Å². The van der Waals surface area contributed by atoms with Crippen LogP contribution in [0.15, 0.2) is 35.1 Å². The Labute approximate surface area is 145 Å². The monoisotopic (exact) mass is 345 g/mol. The number of carbonyl (C=O) groups excluding carboxylic acids is 2. The number of hydrogen-bond acceptors (Lipinski definition) is 6. The van der Waals surface area contributed by atoms with Crippen molar-refractivity contribution >= 4 is 11.9 Å². The maximum atomic E-state index is 12.3. The standard InChI is InChI=1S/C18H19NO6/c1-22-15-7-12-3-5-19(9-14(12)8-16(15)23-2)17(20)11-25-18(21)13-4-6-24-10-13/h4,6-8,10H,3,5,9,11H2,1-2H3. The van der Waals surface area contributed by atoms with Crippen LogP contribution in [-0.2, 0) is 22.5 Å². The van der Waals surface area contributed by atoms with Crippen LogP contribution in [0.5, 0.6) is 11.5 Å². The molecule has 0 atom stereocenters. The lowest BCUT2D eigenvalue weighted by atomic mass is 9.99. The van der Waals surface area contributed by atoms with Crippen molar-refractivity contribution in [1.29, 1.82) is 0 Å². The van der Waals surface area contributed by atoms with Gasteiger partial charge in [-0.3, -0.25) is 4.79 Å². The first kappa shape index (κ1) is 16.9. The predicted octanol–water partition coefficient (Wildman–Crippen LogP) is 2.04. The number of esters is 1. The van der Waals surface area contributed by atoms with Crippen molar-refractivity contribution in [3.8, 4) is 11.5 Å². The van der Waals surface area contributed by atoms with E-state index in [4.69, 9.17) is 18.6 Å². The molecule has 2 aromatic rings. The van der Waals surface area contributed by atoms with E-state index in [9.17, 15) is 9.59 Å². The molecule has 25 heavy (non-hydrogen) atoms. The molecule has 0 fully saturated rings. The number of ether oxygens (including phenoxy) is 3. The minimum Gasteiger partial charge on any atom is -0.493 e. The molecule has 1 aliphatic rings. The third kappa shape index (κ3) is 3.60. The van der Waals surface area contributed by atoms with Gasteiger partial charge in [0.2, 0.25) is 0 Å². The first-order chi connectivity index (χ1) is 12.1. The van der Waals surface area contributed by atoms with Crippen LogP contribution in [0.1, 0.15) is 21.5 Å². The van der Waals surface area contributed by atoms with Crippen molar-refractivity contribution in [2.75, 3.05) is 27.4 Å². The molecule has 132 valence electrons. The number of rotatable bonds is 5. The first-order valence-corrected chi connectivity index (χ1v) is 7.83. The number of hydrogen-bond donors (Lipinski definition) is 0. The van der Waals surface area contributed by atoms with E-state index in [0.29, 0.717) is 31.0 Å². The highest BCUT2D eigenvalue weighted by Gasteiger charge is 2.24. The number of amides is 1. The molecule has 3 rings (SSSR count). The lowest BCUT2D eigenvalue weighted by Gasteiger charge is -2.29. The van der Waals surface area contributed by atoms with E-state index in [1.807, 2.05) is 12.1 Å². The van der Waals surface area contributed by atoms with Gasteiger partial charge in [0, 0.05) is 13.1 Å². The van der Waals surface area contributed by atoms with E-state index in [-0.39, 0.29) is 18.1 Å². The van der Waals surface area contributed by atoms with Gasteiger partial charge in [0.15, 0.2) is 18.1 Å². The summed E-state index contributed by atoms with van der Waals surface area (Å²) in [5.74, 6) is 0.486. The van der Waals surface area contributed by atoms with Crippen LogP contribution in [0.4, 0.5) is 0 Å². The lowest BCUT2D eigenvalue weighted by molar-refractivity contribution is -0.135. The second kappa shape index (κ2) is 7.29. The molecular weight excluding hydrogens is 326 g/mol. The second-order valence-corrected chi connectivity index (χ2v) is 5.63. The third-order valence-corrected chi connectivity index (χ3v) is 4.15. The van der Waals surface area contributed by atoms with Gasteiger partial charge < -0.3 is 23.5 Å². The summed E-state index contributed by atoms with van der Waals surface area (Å²) in [5, 5.41) is 0. The first-order valence-electron chi connectivity index (χ1n) is 7.83. The number of furan rings is 1. The molecule has 0 spiro atoms. The Morgan fingerprint density at radius 2 is 1.88 bits per heavy atom. The van der Waals surface area contributed by atoms with Crippen LogP contribution in [-0.4, -0.2) is 44.1 Å². The van der Waals surface area contributed by atoms with Crippen molar-refractivity contribution in [3.05, 3.63) is 47.4 Å². The Hall–Kier alpha value is -2.96. The molecular formula is C18H19NO6. The highest BCUT2D eigenvalue weighted by Crippen LogP contribution is 2.33. The zero-order valence-corrected chi connectivity index (χ0v) is 14.1. The van der Waals surface area contributed by atoms with Crippen molar-refractivity contribution < 1.29 is 28.2 Å². The zero-order chi connectivity index (χ0) is 17.8. The highest BCUT2D eigenvalue weighted by molar-refractivity contribution is 5.90. The molecule has 7 heteroatoms. The number of methoxy groups -OCH3 is 2. The summed E-state index contributed by atoms with van der Waals surface area (Å²) in [4.78, 5) is 25.8. The molecule has 1 amide bonds. The Bertz CT molecular complexity index is 768. The topological polar surface area (TPSA) is 78.2 Å². The fourth-order valence-corrected chi connectivity index (χ4v) is 2.78. The maximum absolute atomic E-state index is 12.3. The smallest absolute Gasteiger partial charge is 0.341 e. The fraction of sp³-hybridized carbons (Fsp3) is 0.333. The van der Waals surface area contributed by atoms with Crippen molar-refractivity contribution in [3.63, 3.8) is 0 Å². The molecule has 0 bridgehead atoms. The largest absolute Gasteiger partial charge is 0.493 e. The molecule has 1 aromatic heterocycles. The Morgan fingerprint density at radius 1 is 1.16 bits per heavy atom. The van der Waals surface area contributed by atoms with Gasteiger partial charge in [-0.2, -0.15) is 0 Å². The second-order valence-electron chi connectivity index (χ2n) is 5.63. The minimum absolute atomic E-state index is 0.239. The minimum atomic E-state index is -0.578. The average Bonchev–Trinajstić information content (AvgIpc) is 3.18. The van der Waals surface area contributed by atoms with Gasteiger partial charge in [0.1, 0.15) is 6.26 Å². The van der Waals surface area contributed by atoms with E-state index >= 15 is 0 Å². The fourth-order valence-electron chi connectivity index (χ4n) is 2.78. The summed E-state index contributed by atoms with van der Waals surface area (Å²) in [7, 11) is 3.17. The van der Waals surface area contributed by atoms with E-state index in [1.165, 1.54) is 18.6 Å². The van der Waals surface area contributed by atoms with Crippen LogP contribution in [0, 0.1) is 0 Å². The van der Waals surface area contributed by atoms with Crippen LogP contribution in [0.2, 0.25) is 0 Å². The molecule has 0 aliphatic carbocycles. The third-order valence-electron chi connectivity index (χ3n) is 4.15. The van der Waals surface area contributed by atoms with Crippen molar-refractivity contribution in [1.82, 2.24) is 4.90 Å². The van der Waals surface area contributed by atoms with Crippen LogP contribution >= 0.6 is 0 Å². The summed E-state index contributed by atoms with van der Waals surface area (Å²) < 4.78 is 20.5. The summed E-state index contributed by atoms with van der Waals surface area (Å²) in [5.41, 5.74) is 2.41. The molecule has 0 radical (unpaired) electrons. The quantitative estimate of drug-likeness (QED) is 0.772. The summed E-state index contributed by atoms with van der Waals surface area (Å²) in [6, 6.07) is 5.31. The van der Waals surface area contributed by atoms with E-state index < -0.39 is 5.97 Å². The van der Waals surface area contributed by atoms with Crippen molar-refractivity contribution in [2.45, 2.75) is 13.0 Å². The molecule has 2 heterocycles. The predicted molar refractivity (Wildman–Crippen MR) is 87.7 cm³/mol. The SMILES string of the molecule is COc1cc2c(cc1OC)CN(C(=O)COC(=O)c1ccoc1)CC2. The molecule has 0 saturated heterocycles.